The van der Waals surface area contributed by atoms with Gasteiger partial charge in [0.05, 0.1) is 32.9 Å². The number of amides is 2. The fraction of sp³-hybridized carbons (Fsp3) is 0.419. The summed E-state index contributed by atoms with van der Waals surface area (Å²) < 4.78 is 10.8. The topological polar surface area (TPSA) is 88.1 Å². The molecule has 2 aromatic carbocycles. The molecule has 2 heterocycles. The highest BCUT2D eigenvalue weighted by Gasteiger charge is 2.24. The first-order valence-corrected chi connectivity index (χ1v) is 13.9. The summed E-state index contributed by atoms with van der Waals surface area (Å²) >= 11 is 0. The molecule has 0 N–H and O–H groups in total. The summed E-state index contributed by atoms with van der Waals surface area (Å²) in [5.41, 5.74) is 2.51. The van der Waals surface area contributed by atoms with Crippen LogP contribution >= 0.6 is 0 Å². The van der Waals surface area contributed by atoms with Gasteiger partial charge < -0.3 is 24.2 Å². The van der Waals surface area contributed by atoms with E-state index in [9.17, 15) is 9.59 Å². The Kier molecular flexibility index (Phi) is 10.3. The van der Waals surface area contributed by atoms with Gasteiger partial charge in [-0.25, -0.2) is 0 Å². The van der Waals surface area contributed by atoms with Crippen LogP contribution in [-0.4, -0.2) is 85.3 Å². The van der Waals surface area contributed by atoms with E-state index in [1.54, 1.807) is 19.1 Å². The maximum Gasteiger partial charge on any atom is 0.242 e. The van der Waals surface area contributed by atoms with Crippen molar-refractivity contribution in [2.45, 2.75) is 32.6 Å². The Morgan fingerprint density at radius 3 is 2.45 bits per heavy atom. The van der Waals surface area contributed by atoms with Crippen molar-refractivity contribution in [3.8, 4) is 22.8 Å². The molecule has 1 aliphatic heterocycles. The number of carbonyl (C=O) groups is 2. The van der Waals surface area contributed by atoms with Crippen LogP contribution in [0.4, 0.5) is 5.82 Å². The highest BCUT2D eigenvalue weighted by Crippen LogP contribution is 2.32. The van der Waals surface area contributed by atoms with Gasteiger partial charge in [-0.1, -0.05) is 43.7 Å². The molecule has 212 valence electrons. The Bertz CT molecular complexity index is 1250. The largest absolute Gasteiger partial charge is 0.497 e. The average Bonchev–Trinajstić information content (AvgIpc) is 3.26. The van der Waals surface area contributed by atoms with E-state index in [-0.39, 0.29) is 18.4 Å². The van der Waals surface area contributed by atoms with E-state index in [0.717, 1.165) is 42.8 Å². The maximum absolute atomic E-state index is 13.3. The summed E-state index contributed by atoms with van der Waals surface area (Å²) in [4.78, 5) is 32.1. The summed E-state index contributed by atoms with van der Waals surface area (Å²) in [6.07, 6.45) is 2.96. The average molecular weight is 546 g/mol. The molecule has 9 heteroatoms. The van der Waals surface area contributed by atoms with Gasteiger partial charge in [0.1, 0.15) is 11.5 Å². The summed E-state index contributed by atoms with van der Waals surface area (Å²) in [6.45, 7) is 5.45. The number of benzene rings is 2. The molecule has 2 amide bonds. The molecule has 0 bridgehead atoms. The van der Waals surface area contributed by atoms with E-state index in [0.29, 0.717) is 49.8 Å². The SMILES string of the molecule is CCCCN(CC(=O)N1CCCN(c2ccc(-c3ccc(OC)cc3OC)nn2)CC1)C(=O)Cc1ccccc1. The predicted octanol–water partition coefficient (Wildman–Crippen LogP) is 4.07. The van der Waals surface area contributed by atoms with Gasteiger partial charge >= 0.3 is 0 Å². The van der Waals surface area contributed by atoms with Gasteiger partial charge in [0.15, 0.2) is 5.82 Å². The van der Waals surface area contributed by atoms with Crippen LogP contribution in [0.1, 0.15) is 31.7 Å². The number of anilines is 1. The number of hydrogen-bond acceptors (Lipinski definition) is 7. The summed E-state index contributed by atoms with van der Waals surface area (Å²) in [5, 5.41) is 8.94. The molecule has 0 spiro atoms. The molecule has 0 aliphatic carbocycles. The quantitative estimate of drug-likeness (QED) is 0.359. The minimum absolute atomic E-state index is 0.00620. The molecule has 0 radical (unpaired) electrons. The molecule has 9 nitrogen and oxygen atoms in total. The second-order valence-corrected chi connectivity index (χ2v) is 9.90. The van der Waals surface area contributed by atoms with Gasteiger partial charge in [0.25, 0.3) is 0 Å². The van der Waals surface area contributed by atoms with Crippen molar-refractivity contribution in [3.05, 3.63) is 66.2 Å². The third kappa shape index (κ3) is 7.49. The molecule has 1 saturated heterocycles. The normalized spacial score (nSPS) is 13.5. The molecule has 40 heavy (non-hydrogen) atoms. The van der Waals surface area contributed by atoms with E-state index < -0.39 is 0 Å². The standard InChI is InChI=1S/C31H39N5O4/c1-4-5-16-36(30(37)21-24-10-7-6-8-11-24)23-31(38)35-18-9-17-34(19-20-35)29-15-14-27(32-33-29)26-13-12-25(39-2)22-28(26)40-3/h6-8,10-15,22H,4-5,9,16-21,23H2,1-3H3. The van der Waals surface area contributed by atoms with Crippen molar-refractivity contribution in [2.24, 2.45) is 0 Å². The van der Waals surface area contributed by atoms with Crippen LogP contribution in [0.15, 0.2) is 60.7 Å². The number of nitrogens with zero attached hydrogens (tertiary/aromatic N) is 5. The fourth-order valence-corrected chi connectivity index (χ4v) is 4.83. The Labute approximate surface area is 236 Å². The van der Waals surface area contributed by atoms with Crippen LogP contribution in [0.3, 0.4) is 0 Å². The zero-order valence-corrected chi connectivity index (χ0v) is 23.7. The molecule has 0 unspecified atom stereocenters. The lowest BCUT2D eigenvalue weighted by molar-refractivity contribution is -0.140. The van der Waals surface area contributed by atoms with Gasteiger partial charge in [-0.3, -0.25) is 9.59 Å². The molecule has 0 saturated carbocycles. The highest BCUT2D eigenvalue weighted by molar-refractivity contribution is 5.86. The molecule has 0 atom stereocenters. The molecule has 3 aromatic rings. The Morgan fingerprint density at radius 2 is 1.75 bits per heavy atom. The third-order valence-electron chi connectivity index (χ3n) is 7.17. The van der Waals surface area contributed by atoms with Crippen molar-refractivity contribution in [1.29, 1.82) is 0 Å². The molecule has 1 aromatic heterocycles. The number of unbranched alkanes of at least 4 members (excludes halogenated alkanes) is 1. The number of hydrogen-bond donors (Lipinski definition) is 0. The summed E-state index contributed by atoms with van der Waals surface area (Å²) in [5.74, 6) is 2.14. The molecule has 1 fully saturated rings. The number of rotatable bonds is 11. The van der Waals surface area contributed by atoms with Crippen LogP contribution in [-0.2, 0) is 16.0 Å². The molecular formula is C31H39N5O4. The predicted molar refractivity (Wildman–Crippen MR) is 156 cm³/mol. The lowest BCUT2D eigenvalue weighted by Gasteiger charge is -2.27. The van der Waals surface area contributed by atoms with Gasteiger partial charge in [-0.15, -0.1) is 10.2 Å². The van der Waals surface area contributed by atoms with E-state index in [1.807, 2.05) is 65.6 Å². The number of aromatic nitrogens is 2. The van der Waals surface area contributed by atoms with Gasteiger partial charge in [0.2, 0.25) is 11.8 Å². The number of carbonyl (C=O) groups excluding carboxylic acids is 2. The van der Waals surface area contributed by atoms with Crippen LogP contribution in [0, 0.1) is 0 Å². The highest BCUT2D eigenvalue weighted by atomic mass is 16.5. The van der Waals surface area contributed by atoms with Crippen molar-refractivity contribution >= 4 is 17.6 Å². The lowest BCUT2D eigenvalue weighted by Crippen LogP contribution is -2.45. The van der Waals surface area contributed by atoms with E-state index in [2.05, 4.69) is 22.0 Å². The minimum Gasteiger partial charge on any atom is -0.497 e. The van der Waals surface area contributed by atoms with Gasteiger partial charge in [-0.2, -0.15) is 0 Å². The summed E-state index contributed by atoms with van der Waals surface area (Å²) in [7, 11) is 3.24. The minimum atomic E-state index is -0.00704. The molecule has 1 aliphatic rings. The van der Waals surface area contributed by atoms with Gasteiger partial charge in [0, 0.05) is 44.4 Å². The van der Waals surface area contributed by atoms with E-state index in [1.165, 1.54) is 0 Å². The van der Waals surface area contributed by atoms with E-state index >= 15 is 0 Å². The number of methoxy groups -OCH3 is 2. The Balaban J connectivity index is 1.37. The Morgan fingerprint density at radius 1 is 0.925 bits per heavy atom. The van der Waals surface area contributed by atoms with Crippen LogP contribution < -0.4 is 14.4 Å². The third-order valence-corrected chi connectivity index (χ3v) is 7.17. The van der Waals surface area contributed by atoms with Crippen molar-refractivity contribution in [2.75, 3.05) is 58.4 Å². The zero-order chi connectivity index (χ0) is 28.3. The monoisotopic (exact) mass is 545 g/mol. The zero-order valence-electron chi connectivity index (χ0n) is 23.7. The molecule has 4 rings (SSSR count). The Hall–Kier alpha value is -4.14. The smallest absolute Gasteiger partial charge is 0.242 e. The van der Waals surface area contributed by atoms with Crippen molar-refractivity contribution < 1.29 is 19.1 Å². The van der Waals surface area contributed by atoms with Crippen molar-refractivity contribution in [1.82, 2.24) is 20.0 Å². The molecular weight excluding hydrogens is 506 g/mol. The van der Waals surface area contributed by atoms with E-state index in [4.69, 9.17) is 9.47 Å². The van der Waals surface area contributed by atoms with Crippen LogP contribution in [0.5, 0.6) is 11.5 Å². The van der Waals surface area contributed by atoms with Crippen molar-refractivity contribution in [3.63, 3.8) is 0 Å². The van der Waals surface area contributed by atoms with Crippen LogP contribution in [0.2, 0.25) is 0 Å². The second kappa shape index (κ2) is 14.3. The first-order chi connectivity index (χ1) is 19.5. The summed E-state index contributed by atoms with van der Waals surface area (Å²) in [6, 6.07) is 19.2. The number of ether oxygens (including phenoxy) is 2. The second-order valence-electron chi connectivity index (χ2n) is 9.90. The first kappa shape index (κ1) is 28.9. The van der Waals surface area contributed by atoms with Gasteiger partial charge in [-0.05, 0) is 42.7 Å². The maximum atomic E-state index is 13.3. The first-order valence-electron chi connectivity index (χ1n) is 13.9. The lowest BCUT2D eigenvalue weighted by atomic mass is 10.1. The van der Waals surface area contributed by atoms with Crippen LogP contribution in [0.25, 0.3) is 11.3 Å². The fourth-order valence-electron chi connectivity index (χ4n) is 4.83.